The molecule has 0 atom stereocenters. The molecule has 1 heterocycles. The number of hydrogen-bond donors (Lipinski definition) is 3. The molecule has 0 saturated carbocycles. The van der Waals surface area contributed by atoms with Gasteiger partial charge in [0.25, 0.3) is 0 Å². The summed E-state index contributed by atoms with van der Waals surface area (Å²) in [6.45, 7) is 6.59. The molecular weight excluding hydrogens is 224 g/mol. The molecule has 1 aliphatic heterocycles. The van der Waals surface area contributed by atoms with E-state index in [-0.39, 0.29) is 24.7 Å². The Balaban J connectivity index is 2.23. The number of carboxylic acid groups (broad SMARTS) is 1. The largest absolute Gasteiger partial charge is 0.481 e. The summed E-state index contributed by atoms with van der Waals surface area (Å²) in [4.78, 5) is 22.3. The molecule has 0 unspecified atom stereocenters. The maximum atomic E-state index is 11.4. The molecule has 0 aliphatic carbocycles. The molecular formula is C11H20N2O4. The Kier molecular flexibility index (Phi) is 4.11. The molecule has 6 heteroatoms. The van der Waals surface area contributed by atoms with Gasteiger partial charge in [-0.3, -0.25) is 9.59 Å². The molecule has 0 radical (unpaired) electrons. The van der Waals surface area contributed by atoms with Crippen LogP contribution >= 0.6 is 0 Å². The fourth-order valence-electron chi connectivity index (χ4n) is 1.27. The average molecular weight is 244 g/mol. The minimum absolute atomic E-state index is 0.0339. The van der Waals surface area contributed by atoms with Crippen molar-refractivity contribution in [1.29, 1.82) is 0 Å². The average Bonchev–Trinajstić information content (AvgIpc) is 2.20. The molecule has 1 aliphatic rings. The Labute approximate surface area is 101 Å². The van der Waals surface area contributed by atoms with Crippen molar-refractivity contribution in [3.63, 3.8) is 0 Å². The number of nitrogens with one attached hydrogen (secondary N) is 2. The summed E-state index contributed by atoms with van der Waals surface area (Å²) < 4.78 is 5.43. The molecule has 98 valence electrons. The van der Waals surface area contributed by atoms with Crippen molar-refractivity contribution in [3.05, 3.63) is 0 Å². The van der Waals surface area contributed by atoms with Crippen molar-refractivity contribution < 1.29 is 19.4 Å². The van der Waals surface area contributed by atoms with Crippen LogP contribution in [0.1, 0.15) is 20.8 Å². The van der Waals surface area contributed by atoms with Crippen molar-refractivity contribution in [3.8, 4) is 0 Å². The first-order valence-electron chi connectivity index (χ1n) is 5.60. The van der Waals surface area contributed by atoms with Gasteiger partial charge in [-0.15, -0.1) is 0 Å². The molecule has 0 bridgehead atoms. The van der Waals surface area contributed by atoms with Crippen LogP contribution in [-0.4, -0.2) is 48.8 Å². The van der Waals surface area contributed by atoms with Crippen molar-refractivity contribution in [2.45, 2.75) is 26.4 Å². The highest BCUT2D eigenvalue weighted by atomic mass is 16.5. The molecule has 17 heavy (non-hydrogen) atoms. The highest BCUT2D eigenvalue weighted by Crippen LogP contribution is 2.15. The maximum absolute atomic E-state index is 11.4. The predicted octanol–water partition coefficient (Wildman–Crippen LogP) is -0.408. The van der Waals surface area contributed by atoms with E-state index in [1.165, 1.54) is 0 Å². The number of rotatable bonds is 6. The van der Waals surface area contributed by atoms with E-state index in [9.17, 15) is 9.59 Å². The van der Waals surface area contributed by atoms with Gasteiger partial charge >= 0.3 is 5.97 Å². The molecule has 1 saturated heterocycles. The summed E-state index contributed by atoms with van der Waals surface area (Å²) in [5, 5.41) is 14.5. The Bertz CT molecular complexity index is 311. The predicted molar refractivity (Wildman–Crippen MR) is 61.7 cm³/mol. The quantitative estimate of drug-likeness (QED) is 0.591. The van der Waals surface area contributed by atoms with Crippen molar-refractivity contribution >= 4 is 11.9 Å². The Morgan fingerprint density at radius 2 is 2.06 bits per heavy atom. The van der Waals surface area contributed by atoms with E-state index in [4.69, 9.17) is 9.84 Å². The van der Waals surface area contributed by atoms with Crippen LogP contribution in [0.4, 0.5) is 0 Å². The summed E-state index contributed by atoms with van der Waals surface area (Å²) in [5.74, 6) is -1.22. The maximum Gasteiger partial charge on any atom is 0.310 e. The van der Waals surface area contributed by atoms with Crippen LogP contribution in [0.3, 0.4) is 0 Å². The minimum Gasteiger partial charge on any atom is -0.481 e. The number of carbonyl (C=O) groups is 2. The van der Waals surface area contributed by atoms with Gasteiger partial charge < -0.3 is 20.5 Å². The Hall–Kier alpha value is -1.14. The number of carbonyl (C=O) groups excluding carboxylic acids is 1. The monoisotopic (exact) mass is 244 g/mol. The van der Waals surface area contributed by atoms with Gasteiger partial charge in [-0.05, 0) is 20.8 Å². The molecule has 0 aromatic carbocycles. The molecule has 1 fully saturated rings. The first-order valence-corrected chi connectivity index (χ1v) is 5.60. The van der Waals surface area contributed by atoms with Crippen LogP contribution in [0.5, 0.6) is 0 Å². The fraction of sp³-hybridized carbons (Fsp3) is 0.818. The van der Waals surface area contributed by atoms with Crippen molar-refractivity contribution in [1.82, 2.24) is 10.6 Å². The number of aliphatic carboxylic acids is 1. The molecule has 1 rings (SSSR count). The number of hydrogen-bond acceptors (Lipinski definition) is 4. The lowest BCUT2D eigenvalue weighted by Crippen LogP contribution is -2.59. The van der Waals surface area contributed by atoms with E-state index in [0.717, 1.165) is 13.1 Å². The third-order valence-corrected chi connectivity index (χ3v) is 2.86. The van der Waals surface area contributed by atoms with Crippen LogP contribution in [0.15, 0.2) is 0 Å². The van der Waals surface area contributed by atoms with Crippen LogP contribution in [0.25, 0.3) is 0 Å². The Morgan fingerprint density at radius 1 is 1.47 bits per heavy atom. The number of ether oxygens (including phenoxy) is 1. The highest BCUT2D eigenvalue weighted by Gasteiger charge is 2.33. The van der Waals surface area contributed by atoms with Crippen molar-refractivity contribution in [2.24, 2.45) is 5.41 Å². The second kappa shape index (κ2) is 5.01. The molecule has 6 nitrogen and oxygen atoms in total. The first-order chi connectivity index (χ1) is 7.75. The fourth-order valence-corrected chi connectivity index (χ4v) is 1.27. The third-order valence-electron chi connectivity index (χ3n) is 2.86. The van der Waals surface area contributed by atoms with Gasteiger partial charge in [0, 0.05) is 19.6 Å². The van der Waals surface area contributed by atoms with Gasteiger partial charge in [0.05, 0.1) is 11.0 Å². The second-order valence-electron chi connectivity index (χ2n) is 5.31. The zero-order valence-corrected chi connectivity index (χ0v) is 10.5. The third kappa shape index (κ3) is 3.98. The van der Waals surface area contributed by atoms with Gasteiger partial charge in [0.1, 0.15) is 6.61 Å². The number of carboxylic acids is 1. The minimum atomic E-state index is -0.961. The van der Waals surface area contributed by atoms with E-state index in [1.54, 1.807) is 13.8 Å². The first kappa shape index (κ1) is 13.9. The zero-order valence-electron chi connectivity index (χ0n) is 10.5. The summed E-state index contributed by atoms with van der Waals surface area (Å²) >= 11 is 0. The topological polar surface area (TPSA) is 87.7 Å². The van der Waals surface area contributed by atoms with Gasteiger partial charge in [0.2, 0.25) is 5.91 Å². The number of amides is 1. The lowest BCUT2D eigenvalue weighted by atomic mass is 9.94. The smallest absolute Gasteiger partial charge is 0.310 e. The van der Waals surface area contributed by atoms with Gasteiger partial charge in [-0.25, -0.2) is 0 Å². The van der Waals surface area contributed by atoms with E-state index >= 15 is 0 Å². The molecule has 3 N–H and O–H groups in total. The van der Waals surface area contributed by atoms with Crippen LogP contribution in [-0.2, 0) is 14.3 Å². The lowest BCUT2D eigenvalue weighted by Gasteiger charge is -2.38. The van der Waals surface area contributed by atoms with Crippen LogP contribution in [0, 0.1) is 5.41 Å². The summed E-state index contributed by atoms with van der Waals surface area (Å²) in [6, 6.07) is 0. The van der Waals surface area contributed by atoms with E-state index < -0.39 is 11.4 Å². The van der Waals surface area contributed by atoms with Gasteiger partial charge in [-0.1, -0.05) is 0 Å². The van der Waals surface area contributed by atoms with E-state index in [2.05, 4.69) is 10.6 Å². The zero-order chi connectivity index (χ0) is 13.1. The van der Waals surface area contributed by atoms with E-state index in [0.29, 0.717) is 0 Å². The molecule has 0 aromatic rings. The van der Waals surface area contributed by atoms with E-state index in [1.807, 2.05) is 6.92 Å². The Morgan fingerprint density at radius 3 is 2.47 bits per heavy atom. The normalized spacial score (nSPS) is 18.3. The van der Waals surface area contributed by atoms with Crippen LogP contribution in [0.2, 0.25) is 0 Å². The van der Waals surface area contributed by atoms with Gasteiger partial charge in [0.15, 0.2) is 0 Å². The molecule has 1 amide bonds. The standard InChI is InChI=1S/C11H20N2O4/c1-10(2,9(15)16)5-13-8(14)4-17-11(3)6-12-7-11/h12H,4-7H2,1-3H3,(H,13,14)(H,15,16). The highest BCUT2D eigenvalue weighted by molar-refractivity contribution is 5.79. The summed E-state index contributed by atoms with van der Waals surface area (Å²) in [7, 11) is 0. The lowest BCUT2D eigenvalue weighted by molar-refractivity contribution is -0.147. The van der Waals surface area contributed by atoms with Gasteiger partial charge in [-0.2, -0.15) is 0 Å². The van der Waals surface area contributed by atoms with Crippen LogP contribution < -0.4 is 10.6 Å². The SMILES string of the molecule is CC1(OCC(=O)NCC(C)(C)C(=O)O)CNC1. The molecule has 0 aromatic heterocycles. The second-order valence-corrected chi connectivity index (χ2v) is 5.31. The van der Waals surface area contributed by atoms with Crippen molar-refractivity contribution in [2.75, 3.05) is 26.2 Å². The summed E-state index contributed by atoms with van der Waals surface area (Å²) in [6.07, 6.45) is 0. The summed E-state index contributed by atoms with van der Waals surface area (Å²) in [5.41, 5.74) is -1.22. The molecule has 0 spiro atoms.